The SMILES string of the molecule is CN(Cc1cc(-c2ccccc2)on1)C(=O)CC1CCCOC1. The molecule has 0 spiro atoms. The van der Waals surface area contributed by atoms with E-state index in [2.05, 4.69) is 5.16 Å². The standard InChI is InChI=1S/C18H22N2O3/c1-20(18(21)10-14-6-5-9-22-13-14)12-16-11-17(23-19-16)15-7-3-2-4-8-15/h2-4,7-8,11,14H,5-6,9-10,12-13H2,1H3. The van der Waals surface area contributed by atoms with Crippen LogP contribution < -0.4 is 0 Å². The Bertz CT molecular complexity index is 633. The molecule has 0 bridgehead atoms. The molecule has 1 saturated heterocycles. The Morgan fingerprint density at radius 1 is 1.35 bits per heavy atom. The molecule has 0 saturated carbocycles. The highest BCUT2D eigenvalue weighted by molar-refractivity contribution is 5.76. The predicted molar refractivity (Wildman–Crippen MR) is 86.6 cm³/mol. The summed E-state index contributed by atoms with van der Waals surface area (Å²) in [7, 11) is 1.81. The van der Waals surface area contributed by atoms with Gasteiger partial charge in [0.15, 0.2) is 5.76 Å². The van der Waals surface area contributed by atoms with Crippen molar-refractivity contribution in [2.75, 3.05) is 20.3 Å². The van der Waals surface area contributed by atoms with Gasteiger partial charge in [0.2, 0.25) is 5.91 Å². The van der Waals surface area contributed by atoms with Gasteiger partial charge in [0.05, 0.1) is 6.54 Å². The average molecular weight is 314 g/mol. The van der Waals surface area contributed by atoms with Crippen LogP contribution in [-0.2, 0) is 16.1 Å². The third-order valence-electron chi connectivity index (χ3n) is 4.16. The third-order valence-corrected chi connectivity index (χ3v) is 4.16. The maximum absolute atomic E-state index is 12.3. The second kappa shape index (κ2) is 7.42. The lowest BCUT2D eigenvalue weighted by atomic mass is 9.98. The van der Waals surface area contributed by atoms with Crippen LogP contribution in [0.25, 0.3) is 11.3 Å². The Labute approximate surface area is 136 Å². The Morgan fingerprint density at radius 3 is 2.91 bits per heavy atom. The zero-order valence-corrected chi connectivity index (χ0v) is 13.4. The first kappa shape index (κ1) is 15.7. The molecule has 0 aliphatic carbocycles. The molecule has 3 rings (SSSR count). The van der Waals surface area contributed by atoms with Crippen molar-refractivity contribution in [3.05, 3.63) is 42.1 Å². The number of aromatic nitrogens is 1. The minimum absolute atomic E-state index is 0.129. The van der Waals surface area contributed by atoms with Gasteiger partial charge in [0, 0.05) is 38.3 Å². The molecule has 0 N–H and O–H groups in total. The first-order valence-electron chi connectivity index (χ1n) is 8.05. The number of carbonyl (C=O) groups excluding carboxylic acids is 1. The van der Waals surface area contributed by atoms with E-state index in [0.29, 0.717) is 25.5 Å². The fourth-order valence-electron chi connectivity index (χ4n) is 2.83. The molecule has 1 fully saturated rings. The maximum Gasteiger partial charge on any atom is 0.223 e. The van der Waals surface area contributed by atoms with E-state index in [1.165, 1.54) is 0 Å². The number of carbonyl (C=O) groups is 1. The Hall–Kier alpha value is -2.14. The van der Waals surface area contributed by atoms with Gasteiger partial charge < -0.3 is 14.2 Å². The van der Waals surface area contributed by atoms with Gasteiger partial charge >= 0.3 is 0 Å². The smallest absolute Gasteiger partial charge is 0.223 e. The van der Waals surface area contributed by atoms with Gasteiger partial charge in [0.25, 0.3) is 0 Å². The summed E-state index contributed by atoms with van der Waals surface area (Å²) >= 11 is 0. The number of benzene rings is 1. The summed E-state index contributed by atoms with van der Waals surface area (Å²) in [5.74, 6) is 1.20. The van der Waals surface area contributed by atoms with Crippen molar-refractivity contribution in [1.82, 2.24) is 10.1 Å². The lowest BCUT2D eigenvalue weighted by Crippen LogP contribution is -2.30. The molecule has 2 heterocycles. The predicted octanol–water partition coefficient (Wildman–Crippen LogP) is 3.12. The molecule has 0 radical (unpaired) electrons. The summed E-state index contributed by atoms with van der Waals surface area (Å²) < 4.78 is 10.8. The minimum Gasteiger partial charge on any atom is -0.381 e. The molecule has 5 nitrogen and oxygen atoms in total. The molecule has 1 atom stereocenters. The Balaban J connectivity index is 1.56. The summed E-state index contributed by atoms with van der Waals surface area (Å²) in [6.45, 7) is 1.98. The van der Waals surface area contributed by atoms with Crippen molar-refractivity contribution in [3.8, 4) is 11.3 Å². The van der Waals surface area contributed by atoms with Crippen molar-refractivity contribution < 1.29 is 14.1 Å². The molecule has 5 heteroatoms. The lowest BCUT2D eigenvalue weighted by molar-refractivity contribution is -0.132. The number of hydrogen-bond acceptors (Lipinski definition) is 4. The summed E-state index contributed by atoms with van der Waals surface area (Å²) in [6, 6.07) is 11.7. The van der Waals surface area contributed by atoms with Crippen LogP contribution in [0.2, 0.25) is 0 Å². The van der Waals surface area contributed by atoms with Crippen LogP contribution >= 0.6 is 0 Å². The van der Waals surface area contributed by atoms with E-state index >= 15 is 0 Å². The summed E-state index contributed by atoms with van der Waals surface area (Å²) in [6.07, 6.45) is 2.66. The zero-order chi connectivity index (χ0) is 16.1. The molecule has 23 heavy (non-hydrogen) atoms. The monoisotopic (exact) mass is 314 g/mol. The van der Waals surface area contributed by atoms with Gasteiger partial charge in [-0.15, -0.1) is 0 Å². The molecular weight excluding hydrogens is 292 g/mol. The summed E-state index contributed by atoms with van der Waals surface area (Å²) in [5.41, 5.74) is 1.75. The van der Waals surface area contributed by atoms with Crippen LogP contribution in [0, 0.1) is 5.92 Å². The van der Waals surface area contributed by atoms with Crippen LogP contribution in [0.4, 0.5) is 0 Å². The maximum atomic E-state index is 12.3. The van der Waals surface area contributed by atoms with Gasteiger partial charge in [-0.05, 0) is 18.8 Å². The zero-order valence-electron chi connectivity index (χ0n) is 13.4. The lowest BCUT2D eigenvalue weighted by Gasteiger charge is -2.24. The Morgan fingerprint density at radius 2 is 2.17 bits per heavy atom. The summed E-state index contributed by atoms with van der Waals surface area (Å²) in [4.78, 5) is 14.0. The Kier molecular flexibility index (Phi) is 5.08. The highest BCUT2D eigenvalue weighted by atomic mass is 16.5. The first-order chi connectivity index (χ1) is 11.2. The molecule has 2 aromatic rings. The highest BCUT2D eigenvalue weighted by Gasteiger charge is 2.20. The van der Waals surface area contributed by atoms with Crippen LogP contribution in [0.1, 0.15) is 25.0 Å². The second-order valence-corrected chi connectivity index (χ2v) is 6.09. The van der Waals surface area contributed by atoms with Crippen molar-refractivity contribution in [2.24, 2.45) is 5.92 Å². The minimum atomic E-state index is 0.129. The van der Waals surface area contributed by atoms with E-state index in [0.717, 1.165) is 36.5 Å². The number of ether oxygens (including phenoxy) is 1. The average Bonchev–Trinajstić information content (AvgIpc) is 3.05. The van der Waals surface area contributed by atoms with E-state index in [4.69, 9.17) is 9.26 Å². The largest absolute Gasteiger partial charge is 0.381 e. The highest BCUT2D eigenvalue weighted by Crippen LogP contribution is 2.21. The van der Waals surface area contributed by atoms with E-state index in [-0.39, 0.29) is 5.91 Å². The fraction of sp³-hybridized carbons (Fsp3) is 0.444. The van der Waals surface area contributed by atoms with E-state index in [1.807, 2.05) is 43.4 Å². The molecule has 1 aromatic carbocycles. The normalized spacial score (nSPS) is 17.9. The third kappa shape index (κ3) is 4.20. The van der Waals surface area contributed by atoms with Crippen LogP contribution in [0.15, 0.2) is 40.9 Å². The first-order valence-corrected chi connectivity index (χ1v) is 8.05. The molecule has 1 unspecified atom stereocenters. The molecule has 122 valence electrons. The number of nitrogens with zero attached hydrogens (tertiary/aromatic N) is 2. The van der Waals surface area contributed by atoms with Crippen LogP contribution in [-0.4, -0.2) is 36.2 Å². The van der Waals surface area contributed by atoms with Crippen molar-refractivity contribution >= 4 is 5.91 Å². The number of hydrogen-bond donors (Lipinski definition) is 0. The topological polar surface area (TPSA) is 55.6 Å². The fourth-order valence-corrected chi connectivity index (χ4v) is 2.83. The van der Waals surface area contributed by atoms with Gasteiger partial charge in [-0.3, -0.25) is 4.79 Å². The molecule has 1 aliphatic heterocycles. The number of rotatable bonds is 5. The van der Waals surface area contributed by atoms with Gasteiger partial charge in [-0.2, -0.15) is 0 Å². The quantitative estimate of drug-likeness (QED) is 0.851. The van der Waals surface area contributed by atoms with Crippen molar-refractivity contribution in [3.63, 3.8) is 0 Å². The van der Waals surface area contributed by atoms with Gasteiger partial charge in [-0.1, -0.05) is 35.5 Å². The van der Waals surface area contributed by atoms with Crippen LogP contribution in [0.3, 0.4) is 0 Å². The molecule has 1 aliphatic rings. The van der Waals surface area contributed by atoms with Crippen molar-refractivity contribution in [1.29, 1.82) is 0 Å². The van der Waals surface area contributed by atoms with E-state index in [9.17, 15) is 4.79 Å². The van der Waals surface area contributed by atoms with E-state index < -0.39 is 0 Å². The van der Waals surface area contributed by atoms with Crippen molar-refractivity contribution in [2.45, 2.75) is 25.8 Å². The van der Waals surface area contributed by atoms with Gasteiger partial charge in [0.1, 0.15) is 5.69 Å². The second-order valence-electron chi connectivity index (χ2n) is 6.09. The number of amides is 1. The molecular formula is C18H22N2O3. The van der Waals surface area contributed by atoms with Gasteiger partial charge in [-0.25, -0.2) is 0 Å². The molecule has 1 amide bonds. The molecule has 1 aromatic heterocycles. The summed E-state index contributed by atoms with van der Waals surface area (Å²) in [5, 5.41) is 4.07. The van der Waals surface area contributed by atoms with E-state index in [1.54, 1.807) is 4.90 Å². The van der Waals surface area contributed by atoms with Crippen LogP contribution in [0.5, 0.6) is 0 Å².